The molecule has 5 heteroatoms. The Morgan fingerprint density at radius 2 is 2.05 bits per heavy atom. The standard InChI is InChI=1S/C17H23FO4/c1-3-5-6-12-10-21-17(22-11-12)14-8-7-13(9-15(14)18)16(19)20-4-2/h7-9,12,17H,3-6,10-11H2,1-2H3. The van der Waals surface area contributed by atoms with E-state index in [0.29, 0.717) is 24.7 Å². The molecule has 0 radical (unpaired) electrons. The summed E-state index contributed by atoms with van der Waals surface area (Å²) in [5, 5.41) is 0. The molecule has 0 saturated carbocycles. The third kappa shape index (κ3) is 4.27. The molecule has 1 heterocycles. The van der Waals surface area contributed by atoms with E-state index >= 15 is 0 Å². The molecule has 1 aliphatic rings. The molecule has 0 spiro atoms. The Morgan fingerprint density at radius 1 is 1.32 bits per heavy atom. The minimum absolute atomic E-state index is 0.194. The van der Waals surface area contributed by atoms with Crippen LogP contribution in [0.4, 0.5) is 4.39 Å². The van der Waals surface area contributed by atoms with Crippen LogP contribution in [0, 0.1) is 11.7 Å². The van der Waals surface area contributed by atoms with Crippen molar-refractivity contribution in [2.24, 2.45) is 5.92 Å². The van der Waals surface area contributed by atoms with Crippen LogP contribution in [-0.4, -0.2) is 25.8 Å². The molecule has 1 aromatic carbocycles. The third-order valence-corrected chi connectivity index (χ3v) is 3.70. The lowest BCUT2D eigenvalue weighted by atomic mass is 10.0. The maximum atomic E-state index is 14.2. The summed E-state index contributed by atoms with van der Waals surface area (Å²) in [5.74, 6) is -0.668. The summed E-state index contributed by atoms with van der Waals surface area (Å²) in [7, 11) is 0. The number of esters is 1. The Balaban J connectivity index is 1.97. The summed E-state index contributed by atoms with van der Waals surface area (Å²) >= 11 is 0. The lowest BCUT2D eigenvalue weighted by Gasteiger charge is -2.29. The quantitative estimate of drug-likeness (QED) is 0.749. The largest absolute Gasteiger partial charge is 0.462 e. The van der Waals surface area contributed by atoms with Crippen molar-refractivity contribution < 1.29 is 23.4 Å². The highest BCUT2D eigenvalue weighted by Crippen LogP contribution is 2.29. The van der Waals surface area contributed by atoms with E-state index < -0.39 is 18.1 Å². The lowest BCUT2D eigenvalue weighted by molar-refractivity contribution is -0.207. The van der Waals surface area contributed by atoms with Gasteiger partial charge in [0.25, 0.3) is 0 Å². The van der Waals surface area contributed by atoms with Crippen LogP contribution in [0.1, 0.15) is 55.3 Å². The molecule has 0 aromatic heterocycles. The van der Waals surface area contributed by atoms with Crippen molar-refractivity contribution in [3.05, 3.63) is 35.1 Å². The van der Waals surface area contributed by atoms with Crippen LogP contribution in [0.5, 0.6) is 0 Å². The van der Waals surface area contributed by atoms with Crippen LogP contribution in [0.2, 0.25) is 0 Å². The molecule has 122 valence electrons. The smallest absolute Gasteiger partial charge is 0.338 e. The van der Waals surface area contributed by atoms with Gasteiger partial charge in [-0.05, 0) is 25.5 Å². The first-order valence-corrected chi connectivity index (χ1v) is 7.85. The summed E-state index contributed by atoms with van der Waals surface area (Å²) in [4.78, 5) is 11.6. The van der Waals surface area contributed by atoms with Gasteiger partial charge in [0.2, 0.25) is 0 Å². The first-order valence-electron chi connectivity index (χ1n) is 7.85. The third-order valence-electron chi connectivity index (χ3n) is 3.70. The maximum absolute atomic E-state index is 14.2. The minimum atomic E-state index is -0.700. The Hall–Kier alpha value is -1.46. The van der Waals surface area contributed by atoms with Crippen molar-refractivity contribution in [2.45, 2.75) is 39.4 Å². The Morgan fingerprint density at radius 3 is 2.64 bits per heavy atom. The average molecular weight is 310 g/mol. The molecular weight excluding hydrogens is 287 g/mol. The predicted octanol–water partition coefficient (Wildman–Crippen LogP) is 3.85. The number of carbonyl (C=O) groups excluding carboxylic acids is 1. The molecule has 1 saturated heterocycles. The number of rotatable bonds is 6. The van der Waals surface area contributed by atoms with E-state index in [-0.39, 0.29) is 12.2 Å². The van der Waals surface area contributed by atoms with E-state index in [1.54, 1.807) is 6.92 Å². The summed E-state index contributed by atoms with van der Waals surface area (Å²) in [6.07, 6.45) is 2.65. The van der Waals surface area contributed by atoms with Gasteiger partial charge in [-0.1, -0.05) is 25.8 Å². The monoisotopic (exact) mass is 310 g/mol. The van der Waals surface area contributed by atoms with E-state index in [1.807, 2.05) is 0 Å². The number of hydrogen-bond acceptors (Lipinski definition) is 4. The fraction of sp³-hybridized carbons (Fsp3) is 0.588. The zero-order valence-corrected chi connectivity index (χ0v) is 13.1. The van der Waals surface area contributed by atoms with E-state index in [9.17, 15) is 9.18 Å². The van der Waals surface area contributed by atoms with Gasteiger partial charge in [0.05, 0.1) is 25.4 Å². The summed E-state index contributed by atoms with van der Waals surface area (Å²) in [6, 6.07) is 4.23. The van der Waals surface area contributed by atoms with Crippen molar-refractivity contribution in [3.8, 4) is 0 Å². The Kier molecular flexibility index (Phi) is 6.34. The van der Waals surface area contributed by atoms with Crippen LogP contribution in [-0.2, 0) is 14.2 Å². The van der Waals surface area contributed by atoms with Gasteiger partial charge < -0.3 is 14.2 Å². The van der Waals surface area contributed by atoms with Gasteiger partial charge in [0, 0.05) is 11.5 Å². The second-order valence-corrected chi connectivity index (χ2v) is 5.46. The Labute approximate surface area is 130 Å². The van der Waals surface area contributed by atoms with Crippen molar-refractivity contribution in [1.29, 1.82) is 0 Å². The molecule has 0 aliphatic carbocycles. The van der Waals surface area contributed by atoms with Gasteiger partial charge in [0.1, 0.15) is 5.82 Å². The van der Waals surface area contributed by atoms with Crippen molar-refractivity contribution in [3.63, 3.8) is 0 Å². The van der Waals surface area contributed by atoms with Gasteiger partial charge in [-0.2, -0.15) is 0 Å². The molecule has 1 aromatic rings. The fourth-order valence-electron chi connectivity index (χ4n) is 2.44. The van der Waals surface area contributed by atoms with E-state index in [0.717, 1.165) is 19.3 Å². The molecule has 0 N–H and O–H groups in total. The molecule has 2 rings (SSSR count). The molecule has 0 unspecified atom stereocenters. The van der Waals surface area contributed by atoms with Crippen LogP contribution in [0.3, 0.4) is 0 Å². The molecular formula is C17H23FO4. The number of ether oxygens (including phenoxy) is 3. The SMILES string of the molecule is CCCCC1COC(c2ccc(C(=O)OCC)cc2F)OC1. The first kappa shape index (κ1) is 16.9. The highest BCUT2D eigenvalue weighted by molar-refractivity contribution is 5.89. The molecule has 1 fully saturated rings. The fourth-order valence-corrected chi connectivity index (χ4v) is 2.44. The first-order chi connectivity index (χ1) is 10.7. The number of unbranched alkanes of at least 4 members (excludes halogenated alkanes) is 1. The number of halogens is 1. The summed E-state index contributed by atoms with van der Waals surface area (Å²) < 4.78 is 30.3. The zero-order valence-electron chi connectivity index (χ0n) is 13.1. The van der Waals surface area contributed by atoms with Crippen LogP contribution < -0.4 is 0 Å². The van der Waals surface area contributed by atoms with Gasteiger partial charge in [-0.25, -0.2) is 9.18 Å². The van der Waals surface area contributed by atoms with Gasteiger partial charge in [-0.3, -0.25) is 0 Å². The lowest BCUT2D eigenvalue weighted by Crippen LogP contribution is -2.27. The predicted molar refractivity (Wildman–Crippen MR) is 80.0 cm³/mol. The van der Waals surface area contributed by atoms with Crippen LogP contribution in [0.25, 0.3) is 0 Å². The highest BCUT2D eigenvalue weighted by Gasteiger charge is 2.26. The van der Waals surface area contributed by atoms with E-state index in [1.165, 1.54) is 18.2 Å². The van der Waals surface area contributed by atoms with E-state index in [2.05, 4.69) is 6.92 Å². The van der Waals surface area contributed by atoms with Crippen molar-refractivity contribution in [2.75, 3.05) is 19.8 Å². The number of benzene rings is 1. The topological polar surface area (TPSA) is 44.8 Å². The van der Waals surface area contributed by atoms with E-state index in [4.69, 9.17) is 14.2 Å². The second-order valence-electron chi connectivity index (χ2n) is 5.46. The maximum Gasteiger partial charge on any atom is 0.338 e. The van der Waals surface area contributed by atoms with Crippen LogP contribution >= 0.6 is 0 Å². The molecule has 1 aliphatic heterocycles. The highest BCUT2D eigenvalue weighted by atomic mass is 19.1. The molecule has 4 nitrogen and oxygen atoms in total. The van der Waals surface area contributed by atoms with Crippen molar-refractivity contribution in [1.82, 2.24) is 0 Å². The summed E-state index contributed by atoms with van der Waals surface area (Å²) in [5.41, 5.74) is 0.515. The number of carbonyl (C=O) groups is 1. The van der Waals surface area contributed by atoms with Gasteiger partial charge >= 0.3 is 5.97 Å². The molecule has 0 atom stereocenters. The number of hydrogen-bond donors (Lipinski definition) is 0. The van der Waals surface area contributed by atoms with Crippen molar-refractivity contribution >= 4 is 5.97 Å². The second kappa shape index (κ2) is 8.25. The molecule has 0 bridgehead atoms. The van der Waals surface area contributed by atoms with Gasteiger partial charge in [-0.15, -0.1) is 0 Å². The Bertz CT molecular complexity index is 495. The average Bonchev–Trinajstić information content (AvgIpc) is 2.53. The summed E-state index contributed by atoms with van der Waals surface area (Å²) in [6.45, 7) is 5.26. The molecule has 22 heavy (non-hydrogen) atoms. The normalized spacial score (nSPS) is 21.6. The van der Waals surface area contributed by atoms with Crippen LogP contribution in [0.15, 0.2) is 18.2 Å². The zero-order chi connectivity index (χ0) is 15.9. The van der Waals surface area contributed by atoms with Gasteiger partial charge in [0.15, 0.2) is 6.29 Å². The molecule has 0 amide bonds. The minimum Gasteiger partial charge on any atom is -0.462 e.